The second-order valence-corrected chi connectivity index (χ2v) is 7.30. The van der Waals surface area contributed by atoms with Gasteiger partial charge in [0, 0.05) is 30.8 Å². The molecule has 0 saturated carbocycles. The predicted molar refractivity (Wildman–Crippen MR) is 110 cm³/mol. The average molecular weight is 389 g/mol. The molecule has 2 amide bonds. The number of nitrogens with zero attached hydrogens (tertiary/aromatic N) is 2. The minimum Gasteiger partial charge on any atom is -0.459 e. The van der Waals surface area contributed by atoms with Crippen LogP contribution in [-0.2, 0) is 4.79 Å². The summed E-state index contributed by atoms with van der Waals surface area (Å²) in [6.45, 7) is 3.00. The number of nitrogens with one attached hydrogen (secondary N) is 1. The summed E-state index contributed by atoms with van der Waals surface area (Å²) < 4.78 is 5.52. The standard InChI is InChI=1S/C23H23N3O3/c1-16-7-11-24-20(15-16)25-22(27)18-8-12-26(13-9-18)23(28)21-19(10-14-29-21)17-5-3-2-4-6-17/h2-7,10-11,14-15,18H,8-9,12-13H2,1H3,(H,24,25,27). The Morgan fingerprint density at radius 2 is 1.86 bits per heavy atom. The van der Waals surface area contributed by atoms with Gasteiger partial charge in [0.15, 0.2) is 5.76 Å². The zero-order valence-electron chi connectivity index (χ0n) is 16.3. The molecular weight excluding hydrogens is 366 g/mol. The number of benzene rings is 1. The Hall–Kier alpha value is -3.41. The lowest BCUT2D eigenvalue weighted by atomic mass is 9.95. The van der Waals surface area contributed by atoms with Crippen molar-refractivity contribution in [3.63, 3.8) is 0 Å². The van der Waals surface area contributed by atoms with E-state index in [1.165, 1.54) is 0 Å². The van der Waals surface area contributed by atoms with E-state index < -0.39 is 0 Å². The number of aryl methyl sites for hydroxylation is 1. The number of carbonyl (C=O) groups is 2. The van der Waals surface area contributed by atoms with Gasteiger partial charge in [-0.15, -0.1) is 0 Å². The molecule has 0 aliphatic carbocycles. The first kappa shape index (κ1) is 18.9. The van der Waals surface area contributed by atoms with Crippen molar-refractivity contribution in [2.24, 2.45) is 5.92 Å². The highest BCUT2D eigenvalue weighted by molar-refractivity contribution is 5.98. The van der Waals surface area contributed by atoms with Gasteiger partial charge in [0.1, 0.15) is 5.82 Å². The molecule has 6 nitrogen and oxygen atoms in total. The Morgan fingerprint density at radius 3 is 2.59 bits per heavy atom. The van der Waals surface area contributed by atoms with E-state index in [1.54, 1.807) is 17.4 Å². The molecular formula is C23H23N3O3. The second kappa shape index (κ2) is 8.31. The Labute approximate surface area is 169 Å². The number of furan rings is 1. The molecule has 3 heterocycles. The summed E-state index contributed by atoms with van der Waals surface area (Å²) >= 11 is 0. The van der Waals surface area contributed by atoms with Crippen LogP contribution < -0.4 is 5.32 Å². The van der Waals surface area contributed by atoms with Crippen LogP contribution in [0.5, 0.6) is 0 Å². The summed E-state index contributed by atoms with van der Waals surface area (Å²) in [6, 6.07) is 15.3. The molecule has 1 aromatic carbocycles. The van der Waals surface area contributed by atoms with E-state index in [-0.39, 0.29) is 17.7 Å². The summed E-state index contributed by atoms with van der Waals surface area (Å²) in [6.07, 6.45) is 4.46. The van der Waals surface area contributed by atoms with Gasteiger partial charge in [-0.1, -0.05) is 30.3 Å². The van der Waals surface area contributed by atoms with Gasteiger partial charge < -0.3 is 14.6 Å². The van der Waals surface area contributed by atoms with E-state index >= 15 is 0 Å². The lowest BCUT2D eigenvalue weighted by molar-refractivity contribution is -0.121. The molecule has 1 fully saturated rings. The number of hydrogen-bond donors (Lipinski definition) is 1. The van der Waals surface area contributed by atoms with Crippen LogP contribution in [0.25, 0.3) is 11.1 Å². The minimum absolute atomic E-state index is 0.0434. The van der Waals surface area contributed by atoms with Crippen LogP contribution in [0.4, 0.5) is 5.82 Å². The first-order valence-electron chi connectivity index (χ1n) is 9.77. The monoisotopic (exact) mass is 389 g/mol. The molecule has 0 radical (unpaired) electrons. The molecule has 1 N–H and O–H groups in total. The molecule has 3 aromatic rings. The normalized spacial score (nSPS) is 14.6. The number of pyridine rings is 1. The van der Waals surface area contributed by atoms with Crippen LogP contribution in [0, 0.1) is 12.8 Å². The van der Waals surface area contributed by atoms with Gasteiger partial charge in [0.25, 0.3) is 5.91 Å². The number of carbonyl (C=O) groups excluding carboxylic acids is 2. The van der Waals surface area contributed by atoms with Gasteiger partial charge in [0.2, 0.25) is 5.91 Å². The molecule has 0 spiro atoms. The molecule has 0 unspecified atom stereocenters. The fraction of sp³-hybridized carbons (Fsp3) is 0.261. The van der Waals surface area contributed by atoms with Crippen molar-refractivity contribution in [1.82, 2.24) is 9.88 Å². The van der Waals surface area contributed by atoms with Gasteiger partial charge in [-0.3, -0.25) is 9.59 Å². The summed E-state index contributed by atoms with van der Waals surface area (Å²) in [4.78, 5) is 31.5. The maximum Gasteiger partial charge on any atom is 0.290 e. The first-order valence-corrected chi connectivity index (χ1v) is 9.77. The van der Waals surface area contributed by atoms with E-state index in [0.29, 0.717) is 37.5 Å². The average Bonchev–Trinajstić information content (AvgIpc) is 3.24. The van der Waals surface area contributed by atoms with Crippen molar-refractivity contribution in [1.29, 1.82) is 0 Å². The fourth-order valence-corrected chi connectivity index (χ4v) is 3.64. The van der Waals surface area contributed by atoms with E-state index in [2.05, 4.69) is 10.3 Å². The zero-order valence-corrected chi connectivity index (χ0v) is 16.3. The molecule has 29 heavy (non-hydrogen) atoms. The Balaban J connectivity index is 1.38. The molecule has 1 aliphatic rings. The summed E-state index contributed by atoms with van der Waals surface area (Å²) in [5.41, 5.74) is 2.79. The number of likely N-dealkylation sites (tertiary alicyclic amines) is 1. The SMILES string of the molecule is Cc1ccnc(NC(=O)C2CCN(C(=O)c3occc3-c3ccccc3)CC2)c1. The van der Waals surface area contributed by atoms with Crippen molar-refractivity contribution < 1.29 is 14.0 Å². The molecule has 6 heteroatoms. The highest BCUT2D eigenvalue weighted by Crippen LogP contribution is 2.28. The zero-order chi connectivity index (χ0) is 20.2. The number of hydrogen-bond acceptors (Lipinski definition) is 4. The lowest BCUT2D eigenvalue weighted by Gasteiger charge is -2.31. The largest absolute Gasteiger partial charge is 0.459 e. The van der Waals surface area contributed by atoms with Crippen LogP contribution >= 0.6 is 0 Å². The van der Waals surface area contributed by atoms with Crippen LogP contribution in [0.3, 0.4) is 0 Å². The van der Waals surface area contributed by atoms with Gasteiger partial charge in [-0.2, -0.15) is 0 Å². The number of piperidine rings is 1. The van der Waals surface area contributed by atoms with Gasteiger partial charge in [0.05, 0.1) is 6.26 Å². The van der Waals surface area contributed by atoms with Crippen LogP contribution in [0.2, 0.25) is 0 Å². The van der Waals surface area contributed by atoms with Gasteiger partial charge in [-0.25, -0.2) is 4.98 Å². The second-order valence-electron chi connectivity index (χ2n) is 7.30. The van der Waals surface area contributed by atoms with Gasteiger partial charge in [-0.05, 0) is 49.1 Å². The topological polar surface area (TPSA) is 75.4 Å². The molecule has 0 bridgehead atoms. The number of amides is 2. The van der Waals surface area contributed by atoms with E-state index in [4.69, 9.17) is 4.42 Å². The van der Waals surface area contributed by atoms with Crippen molar-refractivity contribution in [2.75, 3.05) is 18.4 Å². The first-order chi connectivity index (χ1) is 14.1. The summed E-state index contributed by atoms with van der Waals surface area (Å²) in [5.74, 6) is 0.609. The molecule has 1 saturated heterocycles. The third-order valence-electron chi connectivity index (χ3n) is 5.26. The smallest absolute Gasteiger partial charge is 0.290 e. The van der Waals surface area contributed by atoms with E-state index in [9.17, 15) is 9.59 Å². The van der Waals surface area contributed by atoms with Crippen LogP contribution in [0.15, 0.2) is 65.4 Å². The van der Waals surface area contributed by atoms with E-state index in [0.717, 1.165) is 16.7 Å². The number of aromatic nitrogens is 1. The predicted octanol–water partition coefficient (Wildman–Crippen LogP) is 4.14. The third-order valence-corrected chi connectivity index (χ3v) is 5.26. The van der Waals surface area contributed by atoms with Crippen LogP contribution in [0.1, 0.15) is 29.0 Å². The molecule has 1 aliphatic heterocycles. The lowest BCUT2D eigenvalue weighted by Crippen LogP contribution is -2.41. The van der Waals surface area contributed by atoms with E-state index in [1.807, 2.05) is 55.5 Å². The molecule has 0 atom stereocenters. The quantitative estimate of drug-likeness (QED) is 0.728. The molecule has 148 valence electrons. The Bertz CT molecular complexity index is 1000. The van der Waals surface area contributed by atoms with Crippen molar-refractivity contribution in [3.8, 4) is 11.1 Å². The van der Waals surface area contributed by atoms with Crippen molar-refractivity contribution in [3.05, 3.63) is 72.3 Å². The highest BCUT2D eigenvalue weighted by Gasteiger charge is 2.30. The molecule has 4 rings (SSSR count). The van der Waals surface area contributed by atoms with Gasteiger partial charge >= 0.3 is 0 Å². The van der Waals surface area contributed by atoms with Crippen molar-refractivity contribution >= 4 is 17.6 Å². The highest BCUT2D eigenvalue weighted by atomic mass is 16.3. The maximum absolute atomic E-state index is 13.0. The summed E-state index contributed by atoms with van der Waals surface area (Å²) in [5, 5.41) is 2.88. The summed E-state index contributed by atoms with van der Waals surface area (Å²) in [7, 11) is 0. The number of anilines is 1. The van der Waals surface area contributed by atoms with Crippen LogP contribution in [-0.4, -0.2) is 34.8 Å². The Morgan fingerprint density at radius 1 is 1.10 bits per heavy atom. The Kier molecular flexibility index (Phi) is 5.42. The maximum atomic E-state index is 13.0. The van der Waals surface area contributed by atoms with Crippen molar-refractivity contribution in [2.45, 2.75) is 19.8 Å². The molecule has 2 aromatic heterocycles. The fourth-order valence-electron chi connectivity index (χ4n) is 3.64. The number of rotatable bonds is 4. The minimum atomic E-state index is -0.133. The third kappa shape index (κ3) is 4.21.